The van der Waals surface area contributed by atoms with Gasteiger partial charge in [0.15, 0.2) is 0 Å². The number of H-pyrrole nitrogens is 1. The highest BCUT2D eigenvalue weighted by Gasteiger charge is 2.35. The molecule has 0 saturated carbocycles. The van der Waals surface area contributed by atoms with E-state index < -0.39 is 5.92 Å². The van der Waals surface area contributed by atoms with Crippen molar-refractivity contribution in [3.8, 4) is 0 Å². The fourth-order valence-corrected chi connectivity index (χ4v) is 3.79. The molecule has 0 aliphatic carbocycles. The van der Waals surface area contributed by atoms with Crippen LogP contribution >= 0.6 is 0 Å². The molecular formula is C23H24N4O3. The van der Waals surface area contributed by atoms with Gasteiger partial charge in [0.2, 0.25) is 17.7 Å². The Morgan fingerprint density at radius 3 is 2.63 bits per heavy atom. The van der Waals surface area contributed by atoms with Gasteiger partial charge >= 0.3 is 0 Å². The molecule has 1 aliphatic heterocycles. The minimum absolute atomic E-state index is 0.0791. The van der Waals surface area contributed by atoms with Gasteiger partial charge in [-0.2, -0.15) is 0 Å². The number of hydrogen-bond donors (Lipinski definition) is 3. The fraction of sp³-hybridized carbons (Fsp3) is 0.261. The first-order valence-corrected chi connectivity index (χ1v) is 10.1. The van der Waals surface area contributed by atoms with E-state index in [4.69, 9.17) is 0 Å². The number of para-hydroxylation sites is 2. The van der Waals surface area contributed by atoms with E-state index >= 15 is 0 Å². The molecule has 1 fully saturated rings. The van der Waals surface area contributed by atoms with Crippen LogP contribution in [0.4, 0.5) is 5.69 Å². The molecule has 0 spiro atoms. The Kier molecular flexibility index (Phi) is 5.79. The molecule has 4 rings (SSSR count). The number of carbonyl (C=O) groups excluding carboxylic acids is 3. The molecule has 7 nitrogen and oxygen atoms in total. The summed E-state index contributed by atoms with van der Waals surface area (Å²) in [5.41, 5.74) is 3.00. The molecule has 1 atom stereocenters. The number of nitrogens with zero attached hydrogens (tertiary/aromatic N) is 1. The molecule has 2 heterocycles. The number of rotatable bonds is 7. The lowest BCUT2D eigenvalue weighted by atomic mass is 10.1. The zero-order chi connectivity index (χ0) is 20.9. The summed E-state index contributed by atoms with van der Waals surface area (Å²) >= 11 is 0. The van der Waals surface area contributed by atoms with Gasteiger partial charge < -0.3 is 20.5 Å². The predicted octanol–water partition coefficient (Wildman–Crippen LogP) is 2.00. The number of hydrogen-bond acceptors (Lipinski definition) is 3. The number of aromatic nitrogens is 1. The van der Waals surface area contributed by atoms with Crippen molar-refractivity contribution in [3.63, 3.8) is 0 Å². The molecule has 30 heavy (non-hydrogen) atoms. The summed E-state index contributed by atoms with van der Waals surface area (Å²) in [6.07, 6.45) is 2.81. The van der Waals surface area contributed by atoms with Gasteiger partial charge in [0, 0.05) is 42.3 Å². The second-order valence-corrected chi connectivity index (χ2v) is 7.42. The van der Waals surface area contributed by atoms with E-state index in [0.29, 0.717) is 19.5 Å². The van der Waals surface area contributed by atoms with Crippen molar-refractivity contribution in [3.05, 3.63) is 66.4 Å². The number of aromatic amines is 1. The molecule has 1 saturated heterocycles. The minimum Gasteiger partial charge on any atom is -0.361 e. The first kappa shape index (κ1) is 19.7. The van der Waals surface area contributed by atoms with E-state index in [2.05, 4.69) is 15.6 Å². The van der Waals surface area contributed by atoms with Crippen LogP contribution in [0, 0.1) is 5.92 Å². The van der Waals surface area contributed by atoms with Crippen molar-refractivity contribution in [2.24, 2.45) is 5.92 Å². The zero-order valence-corrected chi connectivity index (χ0v) is 16.6. The van der Waals surface area contributed by atoms with Crippen molar-refractivity contribution in [1.29, 1.82) is 0 Å². The smallest absolute Gasteiger partial charge is 0.239 e. The summed E-state index contributed by atoms with van der Waals surface area (Å²) in [6.45, 7) is 0.722. The number of benzene rings is 2. The lowest BCUT2D eigenvalue weighted by Crippen LogP contribution is -2.40. The third kappa shape index (κ3) is 4.35. The number of carbonyl (C=O) groups is 3. The van der Waals surface area contributed by atoms with Crippen molar-refractivity contribution in [1.82, 2.24) is 15.6 Å². The Hall–Kier alpha value is -3.61. The van der Waals surface area contributed by atoms with Crippen LogP contribution in [0.3, 0.4) is 0 Å². The number of anilines is 1. The third-order valence-corrected chi connectivity index (χ3v) is 5.38. The highest BCUT2D eigenvalue weighted by atomic mass is 16.2. The fourth-order valence-electron chi connectivity index (χ4n) is 3.79. The van der Waals surface area contributed by atoms with Crippen molar-refractivity contribution in [2.75, 3.05) is 24.5 Å². The standard InChI is InChI=1S/C23H24N4O3/c28-21(24-11-10-16-13-25-20-9-5-4-8-19(16)20)14-26-23(30)17-12-22(29)27(15-17)18-6-2-1-3-7-18/h1-9,13,17,25H,10-12,14-15H2,(H,24,28)(H,26,30)/t17-/m0/s1. The van der Waals surface area contributed by atoms with E-state index in [1.165, 1.54) is 0 Å². The average molecular weight is 404 g/mol. The van der Waals surface area contributed by atoms with Crippen molar-refractivity contribution >= 4 is 34.3 Å². The molecule has 1 aromatic heterocycles. The topological polar surface area (TPSA) is 94.3 Å². The van der Waals surface area contributed by atoms with Gasteiger partial charge in [-0.3, -0.25) is 14.4 Å². The van der Waals surface area contributed by atoms with Gasteiger partial charge in [-0.15, -0.1) is 0 Å². The van der Waals surface area contributed by atoms with Gasteiger partial charge in [0.05, 0.1) is 12.5 Å². The highest BCUT2D eigenvalue weighted by Crippen LogP contribution is 2.24. The molecule has 7 heteroatoms. The SMILES string of the molecule is O=C(CNC(=O)[C@H]1CC(=O)N(c2ccccc2)C1)NCCc1c[nH]c2ccccc12. The normalized spacial score (nSPS) is 16.1. The summed E-state index contributed by atoms with van der Waals surface area (Å²) in [6, 6.07) is 17.3. The molecule has 0 bridgehead atoms. The van der Waals surface area contributed by atoms with E-state index in [1.807, 2.05) is 60.8 Å². The van der Waals surface area contributed by atoms with E-state index in [-0.39, 0.29) is 30.7 Å². The lowest BCUT2D eigenvalue weighted by Gasteiger charge is -2.16. The van der Waals surface area contributed by atoms with E-state index in [0.717, 1.165) is 22.2 Å². The summed E-state index contributed by atoms with van der Waals surface area (Å²) in [5.74, 6) is -1.04. The van der Waals surface area contributed by atoms with Crippen LogP contribution in [-0.4, -0.2) is 42.3 Å². The number of nitrogens with one attached hydrogen (secondary N) is 3. The van der Waals surface area contributed by atoms with E-state index in [9.17, 15) is 14.4 Å². The second kappa shape index (κ2) is 8.82. The maximum Gasteiger partial charge on any atom is 0.239 e. The van der Waals surface area contributed by atoms with Crippen LogP contribution < -0.4 is 15.5 Å². The Morgan fingerprint density at radius 1 is 1.03 bits per heavy atom. The van der Waals surface area contributed by atoms with Crippen molar-refractivity contribution in [2.45, 2.75) is 12.8 Å². The second-order valence-electron chi connectivity index (χ2n) is 7.42. The van der Waals surface area contributed by atoms with Gasteiger partial charge in [0.1, 0.15) is 0 Å². The van der Waals surface area contributed by atoms with Crippen LogP contribution in [0.5, 0.6) is 0 Å². The monoisotopic (exact) mass is 404 g/mol. The summed E-state index contributed by atoms with van der Waals surface area (Å²) in [7, 11) is 0. The first-order valence-electron chi connectivity index (χ1n) is 10.1. The van der Waals surface area contributed by atoms with E-state index in [1.54, 1.807) is 4.90 Å². The van der Waals surface area contributed by atoms with Gasteiger partial charge in [-0.25, -0.2) is 0 Å². The van der Waals surface area contributed by atoms with Crippen LogP contribution in [0.1, 0.15) is 12.0 Å². The molecule has 3 aromatic rings. The predicted molar refractivity (Wildman–Crippen MR) is 115 cm³/mol. The maximum absolute atomic E-state index is 12.4. The molecule has 1 aliphatic rings. The summed E-state index contributed by atoms with van der Waals surface area (Å²) in [5, 5.41) is 6.63. The van der Waals surface area contributed by atoms with Crippen molar-refractivity contribution < 1.29 is 14.4 Å². The largest absolute Gasteiger partial charge is 0.361 e. The number of fused-ring (bicyclic) bond motifs is 1. The van der Waals surface area contributed by atoms with Gasteiger partial charge in [-0.1, -0.05) is 36.4 Å². The minimum atomic E-state index is -0.447. The first-order chi connectivity index (χ1) is 14.6. The lowest BCUT2D eigenvalue weighted by molar-refractivity contribution is -0.128. The molecule has 2 aromatic carbocycles. The number of amides is 3. The van der Waals surface area contributed by atoms with Crippen LogP contribution in [0.15, 0.2) is 60.8 Å². The quantitative estimate of drug-likeness (QED) is 0.562. The van der Waals surface area contributed by atoms with Crippen LogP contribution in [0.2, 0.25) is 0 Å². The Labute approximate surface area is 174 Å². The molecule has 154 valence electrons. The molecule has 0 unspecified atom stereocenters. The summed E-state index contributed by atoms with van der Waals surface area (Å²) in [4.78, 5) is 41.6. The Bertz CT molecular complexity index is 1060. The Balaban J connectivity index is 1.21. The van der Waals surface area contributed by atoms with Crippen LogP contribution in [0.25, 0.3) is 10.9 Å². The molecule has 3 amide bonds. The molecular weight excluding hydrogens is 380 g/mol. The average Bonchev–Trinajstić information content (AvgIpc) is 3.36. The van der Waals surface area contributed by atoms with Crippen LogP contribution in [-0.2, 0) is 20.8 Å². The molecule has 0 radical (unpaired) electrons. The maximum atomic E-state index is 12.4. The zero-order valence-electron chi connectivity index (χ0n) is 16.6. The van der Waals surface area contributed by atoms with Gasteiger partial charge in [0.25, 0.3) is 0 Å². The Morgan fingerprint density at radius 2 is 1.80 bits per heavy atom. The third-order valence-electron chi connectivity index (χ3n) is 5.38. The summed E-state index contributed by atoms with van der Waals surface area (Å²) < 4.78 is 0. The highest BCUT2D eigenvalue weighted by molar-refractivity contribution is 6.00. The van der Waals surface area contributed by atoms with Gasteiger partial charge in [-0.05, 0) is 30.2 Å². The molecule has 3 N–H and O–H groups in total.